The summed E-state index contributed by atoms with van der Waals surface area (Å²) in [5.41, 5.74) is 1.37. The Morgan fingerprint density at radius 1 is 1.32 bits per heavy atom. The number of piperidine rings is 1. The molecular formula is C18H22N4O3. The number of aromatic nitrogens is 1. The van der Waals surface area contributed by atoms with Crippen molar-refractivity contribution < 1.29 is 14.1 Å². The van der Waals surface area contributed by atoms with E-state index in [9.17, 15) is 9.59 Å². The van der Waals surface area contributed by atoms with Crippen LogP contribution in [0.15, 0.2) is 47.2 Å². The lowest BCUT2D eigenvalue weighted by atomic mass is 10.0. The molecule has 1 N–H and O–H groups in total. The summed E-state index contributed by atoms with van der Waals surface area (Å²) in [6.07, 6.45) is 3.22. The molecule has 25 heavy (non-hydrogen) atoms. The summed E-state index contributed by atoms with van der Waals surface area (Å²) in [4.78, 5) is 28.3. The number of carbonyl (C=O) groups excluding carboxylic acids is 2. The summed E-state index contributed by atoms with van der Waals surface area (Å²) in [7, 11) is 1.71. The lowest BCUT2D eigenvalue weighted by Gasteiger charge is -2.34. The molecule has 7 heteroatoms. The van der Waals surface area contributed by atoms with Crippen molar-refractivity contribution in [1.29, 1.82) is 0 Å². The minimum absolute atomic E-state index is 0.00972. The van der Waals surface area contributed by atoms with Gasteiger partial charge in [0.2, 0.25) is 0 Å². The fourth-order valence-corrected chi connectivity index (χ4v) is 2.96. The molecule has 3 rings (SSSR count). The first-order chi connectivity index (χ1) is 12.1. The molecule has 1 unspecified atom stereocenters. The molecule has 1 aromatic heterocycles. The highest BCUT2D eigenvalue weighted by Gasteiger charge is 2.26. The first-order valence-electron chi connectivity index (χ1n) is 8.38. The van der Waals surface area contributed by atoms with E-state index in [1.165, 1.54) is 6.26 Å². The Bertz CT molecular complexity index is 702. The molecule has 1 atom stereocenters. The third-order valence-electron chi connectivity index (χ3n) is 4.29. The van der Waals surface area contributed by atoms with Gasteiger partial charge in [-0.25, -0.2) is 4.79 Å². The van der Waals surface area contributed by atoms with Gasteiger partial charge in [-0.05, 0) is 25.0 Å². The molecule has 0 aliphatic carbocycles. The van der Waals surface area contributed by atoms with E-state index >= 15 is 0 Å². The number of nitrogens with one attached hydrogen (secondary N) is 1. The number of likely N-dealkylation sites (tertiary alicyclic amines) is 1. The first-order valence-corrected chi connectivity index (χ1v) is 8.38. The van der Waals surface area contributed by atoms with Gasteiger partial charge in [0, 0.05) is 37.8 Å². The summed E-state index contributed by atoms with van der Waals surface area (Å²) in [5, 5.41) is 6.81. The number of amides is 3. The maximum Gasteiger partial charge on any atom is 0.317 e. The van der Waals surface area contributed by atoms with E-state index in [2.05, 4.69) is 10.5 Å². The number of hydrogen-bond acceptors (Lipinski definition) is 4. The van der Waals surface area contributed by atoms with E-state index in [0.717, 1.165) is 19.4 Å². The zero-order valence-corrected chi connectivity index (χ0v) is 14.2. The molecule has 132 valence electrons. The molecular weight excluding hydrogens is 320 g/mol. The average molecular weight is 342 g/mol. The van der Waals surface area contributed by atoms with Gasteiger partial charge in [0.25, 0.3) is 5.91 Å². The Labute approximate surface area is 146 Å². The molecule has 1 aliphatic heterocycles. The van der Waals surface area contributed by atoms with Crippen molar-refractivity contribution in [3.05, 3.63) is 53.9 Å². The van der Waals surface area contributed by atoms with Crippen molar-refractivity contribution in [3.8, 4) is 0 Å². The van der Waals surface area contributed by atoms with Crippen LogP contribution >= 0.6 is 0 Å². The SMILES string of the molecule is CN(Cc1ccon1)C(=O)NC1CCCN(C(=O)c2ccccc2)C1. The largest absolute Gasteiger partial charge is 0.364 e. The third kappa shape index (κ3) is 4.37. The highest BCUT2D eigenvalue weighted by atomic mass is 16.5. The zero-order chi connectivity index (χ0) is 17.6. The van der Waals surface area contributed by atoms with Crippen LogP contribution in [0.5, 0.6) is 0 Å². The van der Waals surface area contributed by atoms with Crippen LogP contribution in [-0.2, 0) is 6.54 Å². The fourth-order valence-electron chi connectivity index (χ4n) is 2.96. The third-order valence-corrected chi connectivity index (χ3v) is 4.29. The van der Waals surface area contributed by atoms with Crippen molar-refractivity contribution >= 4 is 11.9 Å². The quantitative estimate of drug-likeness (QED) is 0.923. The Hall–Kier alpha value is -2.83. The molecule has 0 radical (unpaired) electrons. The van der Waals surface area contributed by atoms with Gasteiger partial charge in [-0.2, -0.15) is 0 Å². The molecule has 0 saturated carbocycles. The molecule has 3 amide bonds. The molecule has 1 aliphatic rings. The lowest BCUT2D eigenvalue weighted by molar-refractivity contribution is 0.0695. The van der Waals surface area contributed by atoms with E-state index in [1.807, 2.05) is 30.3 Å². The molecule has 1 saturated heterocycles. The predicted molar refractivity (Wildman–Crippen MR) is 91.9 cm³/mol. The summed E-state index contributed by atoms with van der Waals surface area (Å²) >= 11 is 0. The van der Waals surface area contributed by atoms with Gasteiger partial charge in [0.1, 0.15) is 12.0 Å². The molecule has 0 spiro atoms. The van der Waals surface area contributed by atoms with Gasteiger partial charge in [0.15, 0.2) is 0 Å². The van der Waals surface area contributed by atoms with E-state index in [1.54, 1.807) is 22.9 Å². The van der Waals surface area contributed by atoms with Crippen LogP contribution < -0.4 is 5.32 Å². The van der Waals surface area contributed by atoms with Crippen LogP contribution in [0.1, 0.15) is 28.9 Å². The second-order valence-corrected chi connectivity index (χ2v) is 6.25. The smallest absolute Gasteiger partial charge is 0.317 e. The normalized spacial score (nSPS) is 17.2. The minimum Gasteiger partial charge on any atom is -0.364 e. The summed E-state index contributed by atoms with van der Waals surface area (Å²) in [6, 6.07) is 10.7. The van der Waals surface area contributed by atoms with Crippen LogP contribution in [0.4, 0.5) is 4.79 Å². The first kappa shape index (κ1) is 17.0. The van der Waals surface area contributed by atoms with Gasteiger partial charge in [-0.3, -0.25) is 4.79 Å². The lowest BCUT2D eigenvalue weighted by Crippen LogP contribution is -2.52. The zero-order valence-electron chi connectivity index (χ0n) is 14.2. The second kappa shape index (κ2) is 7.83. The minimum atomic E-state index is -0.179. The van der Waals surface area contributed by atoms with Crippen molar-refractivity contribution in [1.82, 2.24) is 20.3 Å². The van der Waals surface area contributed by atoms with Crippen LogP contribution in [0, 0.1) is 0 Å². The van der Waals surface area contributed by atoms with Crippen molar-refractivity contribution in [2.45, 2.75) is 25.4 Å². The van der Waals surface area contributed by atoms with Crippen LogP contribution in [-0.4, -0.2) is 53.1 Å². The fraction of sp³-hybridized carbons (Fsp3) is 0.389. The maximum absolute atomic E-state index is 12.6. The van der Waals surface area contributed by atoms with E-state index in [-0.39, 0.29) is 18.0 Å². The number of nitrogens with zero attached hydrogens (tertiary/aromatic N) is 3. The molecule has 2 aromatic rings. The van der Waals surface area contributed by atoms with Crippen molar-refractivity contribution in [2.75, 3.05) is 20.1 Å². The van der Waals surface area contributed by atoms with Gasteiger partial charge < -0.3 is 19.6 Å². The van der Waals surface area contributed by atoms with Crippen LogP contribution in [0.25, 0.3) is 0 Å². The summed E-state index contributed by atoms with van der Waals surface area (Å²) in [6.45, 7) is 1.62. The second-order valence-electron chi connectivity index (χ2n) is 6.25. The maximum atomic E-state index is 12.6. The molecule has 7 nitrogen and oxygen atoms in total. The number of rotatable bonds is 4. The Kier molecular flexibility index (Phi) is 5.33. The number of carbonyl (C=O) groups is 2. The summed E-state index contributed by atoms with van der Waals surface area (Å²) in [5.74, 6) is 0.00972. The van der Waals surface area contributed by atoms with Gasteiger partial charge in [-0.1, -0.05) is 23.4 Å². The van der Waals surface area contributed by atoms with Gasteiger partial charge in [-0.15, -0.1) is 0 Å². The summed E-state index contributed by atoms with van der Waals surface area (Å²) < 4.78 is 4.78. The van der Waals surface area contributed by atoms with Crippen molar-refractivity contribution in [2.24, 2.45) is 0 Å². The van der Waals surface area contributed by atoms with Crippen molar-refractivity contribution in [3.63, 3.8) is 0 Å². The molecule has 1 fully saturated rings. The van der Waals surface area contributed by atoms with Crippen LogP contribution in [0.3, 0.4) is 0 Å². The van der Waals surface area contributed by atoms with E-state index < -0.39 is 0 Å². The Balaban J connectivity index is 1.54. The Morgan fingerprint density at radius 3 is 2.84 bits per heavy atom. The predicted octanol–water partition coefficient (Wildman–Crippen LogP) is 2.12. The van der Waals surface area contributed by atoms with Gasteiger partial charge in [0.05, 0.1) is 6.54 Å². The highest BCUT2D eigenvalue weighted by molar-refractivity contribution is 5.94. The number of benzene rings is 1. The Morgan fingerprint density at radius 2 is 2.12 bits per heavy atom. The van der Waals surface area contributed by atoms with Gasteiger partial charge >= 0.3 is 6.03 Å². The monoisotopic (exact) mass is 342 g/mol. The standard InChI is InChI=1S/C18H22N4O3/c1-21(12-16-9-11-25-20-16)18(24)19-15-8-5-10-22(13-15)17(23)14-6-3-2-4-7-14/h2-4,6-7,9,11,15H,5,8,10,12-13H2,1H3,(H,19,24). The van der Waals surface area contributed by atoms with E-state index in [0.29, 0.717) is 24.3 Å². The highest BCUT2D eigenvalue weighted by Crippen LogP contribution is 2.14. The van der Waals surface area contributed by atoms with Crippen LogP contribution in [0.2, 0.25) is 0 Å². The molecule has 1 aromatic carbocycles. The molecule has 2 heterocycles. The van der Waals surface area contributed by atoms with E-state index in [4.69, 9.17) is 4.52 Å². The number of hydrogen-bond donors (Lipinski definition) is 1. The molecule has 0 bridgehead atoms. The topological polar surface area (TPSA) is 78.7 Å². The average Bonchev–Trinajstić information content (AvgIpc) is 3.15. The number of urea groups is 1.